The summed E-state index contributed by atoms with van der Waals surface area (Å²) in [4.78, 5) is 0. The van der Waals surface area contributed by atoms with E-state index in [0.717, 1.165) is 6.42 Å². The fourth-order valence-electron chi connectivity index (χ4n) is 3.28. The maximum atomic E-state index is 11.8. The van der Waals surface area contributed by atoms with Gasteiger partial charge in [0.2, 0.25) is 0 Å². The van der Waals surface area contributed by atoms with Crippen LogP contribution in [0.3, 0.4) is 0 Å². The van der Waals surface area contributed by atoms with Crippen molar-refractivity contribution in [2.24, 2.45) is 0 Å². The summed E-state index contributed by atoms with van der Waals surface area (Å²) < 4.78 is 29.3. The third-order valence-corrected chi connectivity index (χ3v) is 6.43. The van der Waals surface area contributed by atoms with Crippen molar-refractivity contribution in [1.29, 1.82) is 5.26 Å². The number of nitrogens with zero attached hydrogens (tertiary/aromatic N) is 1. The molecule has 1 aromatic rings. The first-order valence-corrected chi connectivity index (χ1v) is 9.43. The van der Waals surface area contributed by atoms with Gasteiger partial charge in [-0.3, -0.25) is 0 Å². The highest BCUT2D eigenvalue weighted by molar-refractivity contribution is 7.91. The van der Waals surface area contributed by atoms with Gasteiger partial charge in [0, 0.05) is 12.6 Å². The summed E-state index contributed by atoms with van der Waals surface area (Å²) in [7, 11) is -3.00. The molecule has 0 amide bonds. The number of ether oxygens (including phenoxy) is 1. The molecule has 118 valence electrons. The van der Waals surface area contributed by atoms with Crippen molar-refractivity contribution in [3.8, 4) is 6.07 Å². The van der Waals surface area contributed by atoms with E-state index in [1.54, 1.807) is 18.2 Å². The molecule has 2 heterocycles. The molecule has 22 heavy (non-hydrogen) atoms. The Hall–Kier alpha value is -1.29. The SMILES string of the molecule is N#Cc1cccc(Cl)c1NC1CCOC2(CCS(=O)(=O)C2)C1. The predicted octanol–water partition coefficient (Wildman–Crippen LogP) is 2.36. The summed E-state index contributed by atoms with van der Waals surface area (Å²) in [6.45, 7) is 0.513. The summed E-state index contributed by atoms with van der Waals surface area (Å²) in [6, 6.07) is 7.36. The minimum atomic E-state index is -3.00. The number of nitriles is 1. The molecule has 0 bridgehead atoms. The summed E-state index contributed by atoms with van der Waals surface area (Å²) in [6.07, 6.45) is 1.92. The zero-order chi connectivity index (χ0) is 15.8. The lowest BCUT2D eigenvalue weighted by molar-refractivity contribution is -0.0631. The van der Waals surface area contributed by atoms with Crippen LogP contribution in [-0.4, -0.2) is 38.2 Å². The lowest BCUT2D eigenvalue weighted by atomic mass is 9.89. The number of nitrogens with one attached hydrogen (secondary N) is 1. The Labute approximate surface area is 135 Å². The van der Waals surface area contributed by atoms with Gasteiger partial charge in [-0.15, -0.1) is 0 Å². The number of hydrogen-bond donors (Lipinski definition) is 1. The van der Waals surface area contributed by atoms with Gasteiger partial charge in [0.25, 0.3) is 0 Å². The van der Waals surface area contributed by atoms with Crippen LogP contribution < -0.4 is 5.32 Å². The van der Waals surface area contributed by atoms with E-state index in [9.17, 15) is 13.7 Å². The monoisotopic (exact) mass is 340 g/mol. The van der Waals surface area contributed by atoms with Crippen LogP contribution in [0.5, 0.6) is 0 Å². The van der Waals surface area contributed by atoms with Gasteiger partial charge in [-0.1, -0.05) is 17.7 Å². The number of sulfone groups is 1. The molecule has 0 aliphatic carbocycles. The van der Waals surface area contributed by atoms with Crippen LogP contribution in [0.15, 0.2) is 18.2 Å². The van der Waals surface area contributed by atoms with Crippen molar-refractivity contribution < 1.29 is 13.2 Å². The second-order valence-corrected chi connectivity index (χ2v) is 8.57. The fourth-order valence-corrected chi connectivity index (χ4v) is 5.48. The molecular formula is C15H17ClN2O3S. The van der Waals surface area contributed by atoms with Gasteiger partial charge in [-0.25, -0.2) is 8.42 Å². The molecule has 2 unspecified atom stereocenters. The molecule has 1 N–H and O–H groups in total. The number of anilines is 1. The maximum absolute atomic E-state index is 11.8. The largest absolute Gasteiger partial charge is 0.380 e. The van der Waals surface area contributed by atoms with Crippen LogP contribution in [0.4, 0.5) is 5.69 Å². The maximum Gasteiger partial charge on any atom is 0.153 e. The summed E-state index contributed by atoms with van der Waals surface area (Å²) in [5.41, 5.74) is 0.532. The molecule has 2 fully saturated rings. The molecule has 3 rings (SSSR count). The van der Waals surface area contributed by atoms with Crippen LogP contribution in [-0.2, 0) is 14.6 Å². The molecule has 2 aliphatic rings. The lowest BCUT2D eigenvalue weighted by Crippen LogP contribution is -2.45. The molecule has 0 radical (unpaired) electrons. The molecule has 0 saturated carbocycles. The van der Waals surface area contributed by atoms with E-state index < -0.39 is 15.4 Å². The van der Waals surface area contributed by atoms with E-state index >= 15 is 0 Å². The van der Waals surface area contributed by atoms with E-state index in [-0.39, 0.29) is 17.5 Å². The molecule has 2 aliphatic heterocycles. The third kappa shape index (κ3) is 3.07. The summed E-state index contributed by atoms with van der Waals surface area (Å²) in [5.74, 6) is 0.279. The first kappa shape index (κ1) is 15.6. The zero-order valence-electron chi connectivity index (χ0n) is 12.0. The van der Waals surface area contributed by atoms with Gasteiger partial charge in [0.05, 0.1) is 33.4 Å². The molecule has 5 nitrogen and oxygen atoms in total. The highest BCUT2D eigenvalue weighted by atomic mass is 35.5. The Balaban J connectivity index is 1.79. The van der Waals surface area contributed by atoms with Gasteiger partial charge in [0.15, 0.2) is 9.84 Å². The predicted molar refractivity (Wildman–Crippen MR) is 84.8 cm³/mol. The second-order valence-electron chi connectivity index (χ2n) is 5.98. The van der Waals surface area contributed by atoms with E-state index in [4.69, 9.17) is 16.3 Å². The van der Waals surface area contributed by atoms with Crippen LogP contribution >= 0.6 is 11.6 Å². The minimum Gasteiger partial charge on any atom is -0.380 e. The Bertz CT molecular complexity index is 729. The molecule has 2 saturated heterocycles. The van der Waals surface area contributed by atoms with E-state index in [2.05, 4.69) is 11.4 Å². The van der Waals surface area contributed by atoms with Gasteiger partial charge >= 0.3 is 0 Å². The average Bonchev–Trinajstić information content (AvgIpc) is 2.76. The van der Waals surface area contributed by atoms with Crippen molar-refractivity contribution >= 4 is 27.1 Å². The number of para-hydroxylation sites is 1. The van der Waals surface area contributed by atoms with Crippen LogP contribution in [0.2, 0.25) is 5.02 Å². The number of benzene rings is 1. The molecule has 1 spiro atoms. The van der Waals surface area contributed by atoms with E-state index in [0.29, 0.717) is 35.7 Å². The van der Waals surface area contributed by atoms with Gasteiger partial charge in [0.1, 0.15) is 6.07 Å². The highest BCUT2D eigenvalue weighted by Gasteiger charge is 2.46. The van der Waals surface area contributed by atoms with Gasteiger partial charge < -0.3 is 10.1 Å². The van der Waals surface area contributed by atoms with Crippen molar-refractivity contribution in [3.63, 3.8) is 0 Å². The second kappa shape index (κ2) is 5.73. The van der Waals surface area contributed by atoms with Crippen LogP contribution in [0, 0.1) is 11.3 Å². The first-order valence-electron chi connectivity index (χ1n) is 7.23. The van der Waals surface area contributed by atoms with Crippen molar-refractivity contribution in [3.05, 3.63) is 28.8 Å². The summed E-state index contributed by atoms with van der Waals surface area (Å²) in [5, 5.41) is 13.0. The quantitative estimate of drug-likeness (QED) is 0.894. The van der Waals surface area contributed by atoms with Gasteiger partial charge in [-0.05, 0) is 31.4 Å². The standard InChI is InChI=1S/C15H17ClN2O3S/c16-13-3-1-2-11(9-17)14(13)18-12-4-6-21-15(8-12)5-7-22(19,20)10-15/h1-3,12,18H,4-8,10H2. The topological polar surface area (TPSA) is 79.2 Å². The molecule has 2 atom stereocenters. The number of rotatable bonds is 2. The Kier molecular flexibility index (Phi) is 4.06. The smallest absolute Gasteiger partial charge is 0.153 e. The van der Waals surface area contributed by atoms with Crippen LogP contribution in [0.1, 0.15) is 24.8 Å². The third-order valence-electron chi connectivity index (χ3n) is 4.33. The van der Waals surface area contributed by atoms with Crippen molar-refractivity contribution in [2.75, 3.05) is 23.4 Å². The molecular weight excluding hydrogens is 324 g/mol. The van der Waals surface area contributed by atoms with Crippen LogP contribution in [0.25, 0.3) is 0 Å². The van der Waals surface area contributed by atoms with Crippen molar-refractivity contribution in [1.82, 2.24) is 0 Å². The molecule has 1 aromatic carbocycles. The minimum absolute atomic E-state index is 0.0500. The summed E-state index contributed by atoms with van der Waals surface area (Å²) >= 11 is 6.18. The zero-order valence-corrected chi connectivity index (χ0v) is 13.6. The lowest BCUT2D eigenvalue weighted by Gasteiger charge is -2.38. The highest BCUT2D eigenvalue weighted by Crippen LogP contribution is 2.37. The number of halogens is 1. The molecule has 0 aromatic heterocycles. The molecule has 7 heteroatoms. The number of hydrogen-bond acceptors (Lipinski definition) is 5. The average molecular weight is 341 g/mol. The van der Waals surface area contributed by atoms with E-state index in [1.807, 2.05) is 0 Å². The first-order chi connectivity index (χ1) is 10.4. The fraction of sp³-hybridized carbons (Fsp3) is 0.533. The van der Waals surface area contributed by atoms with Crippen molar-refractivity contribution in [2.45, 2.75) is 30.9 Å². The van der Waals surface area contributed by atoms with Gasteiger partial charge in [-0.2, -0.15) is 5.26 Å². The Morgan fingerprint density at radius 3 is 2.95 bits per heavy atom. The van der Waals surface area contributed by atoms with E-state index in [1.165, 1.54) is 0 Å². The Morgan fingerprint density at radius 1 is 1.45 bits per heavy atom. The Morgan fingerprint density at radius 2 is 2.27 bits per heavy atom. The normalized spacial score (nSPS) is 30.1.